The van der Waals surface area contributed by atoms with Crippen molar-refractivity contribution in [2.75, 3.05) is 60.8 Å². The Morgan fingerprint density at radius 3 is 1.97 bits per heavy atom. The fourth-order valence-corrected chi connectivity index (χ4v) is 3.02. The van der Waals surface area contributed by atoms with Crippen LogP contribution in [0, 0.1) is 0 Å². The number of hydrogen-bond donors (Lipinski definition) is 0. The zero-order valence-electron chi connectivity index (χ0n) is 21.9. The van der Waals surface area contributed by atoms with Crippen molar-refractivity contribution in [3.05, 3.63) is 53.6 Å². The molecule has 0 atom stereocenters. The number of carbonyl (C=O) groups excluding carboxylic acids is 3. The van der Waals surface area contributed by atoms with Gasteiger partial charge >= 0.3 is 5.97 Å². The molecule has 0 saturated carbocycles. The molecule has 11 nitrogen and oxygen atoms in total. The Bertz CT molecular complexity index is 1010. The number of rotatable bonds is 20. The van der Waals surface area contributed by atoms with Gasteiger partial charge in [0.25, 0.3) is 0 Å². The predicted molar refractivity (Wildman–Crippen MR) is 134 cm³/mol. The average molecular weight is 535 g/mol. The molecule has 0 spiro atoms. The summed E-state index contributed by atoms with van der Waals surface area (Å²) in [5, 5.41) is 0. The second-order valence-corrected chi connectivity index (χ2v) is 7.64. The highest BCUT2D eigenvalue weighted by Crippen LogP contribution is 2.36. The Labute approximate surface area is 221 Å². The largest absolute Gasteiger partial charge is 0.488 e. The first-order valence-corrected chi connectivity index (χ1v) is 12.0. The van der Waals surface area contributed by atoms with Crippen LogP contribution in [0.4, 0.5) is 0 Å². The van der Waals surface area contributed by atoms with Gasteiger partial charge in [-0.05, 0) is 12.5 Å². The summed E-state index contributed by atoms with van der Waals surface area (Å²) in [5.41, 5.74) is 0.801. The molecule has 0 fully saturated rings. The van der Waals surface area contributed by atoms with Gasteiger partial charge in [0.1, 0.15) is 29.4 Å². The average Bonchev–Trinajstić information content (AvgIpc) is 2.92. The van der Waals surface area contributed by atoms with Crippen molar-refractivity contribution >= 4 is 17.5 Å². The first-order chi connectivity index (χ1) is 18.5. The summed E-state index contributed by atoms with van der Waals surface area (Å²) >= 11 is 0. The smallest absolute Gasteiger partial charge is 0.375 e. The standard InChI is InChI=1S/C27H34O11/c1-4-35-27(30)23(29)16-22(28)26-24(36-17-20-8-6-5-7-9-20)14-21(37-18-33-12-10-31-2)15-25(26)38-19-34-13-11-32-3/h5-9,14-15H,4,10-13,16-19H2,1-3H3. The minimum atomic E-state index is -1.09. The summed E-state index contributed by atoms with van der Waals surface area (Å²) in [6.45, 7) is 2.68. The van der Waals surface area contributed by atoms with Crippen LogP contribution in [0.3, 0.4) is 0 Å². The van der Waals surface area contributed by atoms with Crippen LogP contribution in [-0.4, -0.2) is 78.4 Å². The van der Waals surface area contributed by atoms with Gasteiger partial charge in [-0.2, -0.15) is 0 Å². The molecule has 0 aromatic heterocycles. The van der Waals surface area contributed by atoms with E-state index in [0.717, 1.165) is 5.56 Å². The van der Waals surface area contributed by atoms with Gasteiger partial charge in [0.2, 0.25) is 5.78 Å². The van der Waals surface area contributed by atoms with Crippen LogP contribution < -0.4 is 14.2 Å². The molecule has 38 heavy (non-hydrogen) atoms. The lowest BCUT2D eigenvalue weighted by Gasteiger charge is -2.18. The summed E-state index contributed by atoms with van der Waals surface area (Å²) in [4.78, 5) is 37.4. The van der Waals surface area contributed by atoms with E-state index in [0.29, 0.717) is 19.8 Å². The van der Waals surface area contributed by atoms with Crippen molar-refractivity contribution in [2.24, 2.45) is 0 Å². The van der Waals surface area contributed by atoms with E-state index in [1.807, 2.05) is 30.3 Å². The Morgan fingerprint density at radius 2 is 1.37 bits per heavy atom. The lowest BCUT2D eigenvalue weighted by Crippen LogP contribution is -2.21. The van der Waals surface area contributed by atoms with Gasteiger partial charge in [0.05, 0.1) is 39.5 Å². The molecule has 2 aromatic carbocycles. The van der Waals surface area contributed by atoms with Gasteiger partial charge in [-0.1, -0.05) is 30.3 Å². The SMILES string of the molecule is CCOC(=O)C(=O)CC(=O)c1c(OCOCCOC)cc(OCOCCOC)cc1OCc1ccccc1. The molecule has 0 bridgehead atoms. The fraction of sp³-hybridized carbons (Fsp3) is 0.444. The number of Topliss-reactive ketones (excluding diaryl/α,β-unsaturated/α-hetero) is 2. The first-order valence-electron chi connectivity index (χ1n) is 12.0. The fourth-order valence-electron chi connectivity index (χ4n) is 3.02. The quantitative estimate of drug-likeness (QED) is 0.0622. The van der Waals surface area contributed by atoms with Crippen LogP contribution in [0.5, 0.6) is 17.2 Å². The monoisotopic (exact) mass is 534 g/mol. The van der Waals surface area contributed by atoms with Crippen LogP contribution in [0.1, 0.15) is 29.3 Å². The number of ether oxygens (including phenoxy) is 8. The summed E-state index contributed by atoms with van der Waals surface area (Å²) in [7, 11) is 3.09. The van der Waals surface area contributed by atoms with Crippen molar-refractivity contribution < 1.29 is 52.3 Å². The van der Waals surface area contributed by atoms with Crippen molar-refractivity contribution in [3.8, 4) is 17.2 Å². The number of methoxy groups -OCH3 is 2. The van der Waals surface area contributed by atoms with Crippen LogP contribution in [0.25, 0.3) is 0 Å². The van der Waals surface area contributed by atoms with E-state index >= 15 is 0 Å². The Kier molecular flexibility index (Phi) is 14.4. The second-order valence-electron chi connectivity index (χ2n) is 7.64. The van der Waals surface area contributed by atoms with E-state index in [-0.39, 0.29) is 56.2 Å². The predicted octanol–water partition coefficient (Wildman–Crippen LogP) is 2.97. The van der Waals surface area contributed by atoms with Crippen LogP contribution >= 0.6 is 0 Å². The number of carbonyl (C=O) groups is 3. The van der Waals surface area contributed by atoms with Crippen molar-refractivity contribution in [1.82, 2.24) is 0 Å². The molecule has 0 aliphatic heterocycles. The van der Waals surface area contributed by atoms with Gasteiger partial charge in [-0.25, -0.2) is 4.79 Å². The molecule has 11 heteroatoms. The molecule has 2 aromatic rings. The topological polar surface area (TPSA) is 125 Å². The molecule has 2 rings (SSSR count). The molecular weight excluding hydrogens is 500 g/mol. The van der Waals surface area contributed by atoms with E-state index < -0.39 is 24.0 Å². The minimum absolute atomic E-state index is 0.00978. The third-order valence-corrected chi connectivity index (χ3v) is 4.85. The Morgan fingerprint density at radius 1 is 0.763 bits per heavy atom. The molecule has 0 heterocycles. The maximum Gasteiger partial charge on any atom is 0.375 e. The van der Waals surface area contributed by atoms with Crippen LogP contribution in [-0.2, 0) is 39.9 Å². The maximum atomic E-state index is 13.3. The van der Waals surface area contributed by atoms with Gasteiger partial charge < -0.3 is 37.9 Å². The number of benzene rings is 2. The highest BCUT2D eigenvalue weighted by Gasteiger charge is 2.27. The molecule has 208 valence electrons. The highest BCUT2D eigenvalue weighted by atomic mass is 16.7. The summed E-state index contributed by atoms with van der Waals surface area (Å²) in [6, 6.07) is 12.2. The van der Waals surface area contributed by atoms with Crippen molar-refractivity contribution in [3.63, 3.8) is 0 Å². The molecule has 0 saturated heterocycles. The Balaban J connectivity index is 2.36. The molecule has 0 unspecified atom stereocenters. The summed E-state index contributed by atoms with van der Waals surface area (Å²) in [5.74, 6) is -2.35. The van der Waals surface area contributed by atoms with Gasteiger partial charge in [0.15, 0.2) is 19.4 Å². The number of hydrogen-bond acceptors (Lipinski definition) is 11. The van der Waals surface area contributed by atoms with Crippen molar-refractivity contribution in [2.45, 2.75) is 20.0 Å². The minimum Gasteiger partial charge on any atom is -0.488 e. The molecule has 0 radical (unpaired) electrons. The molecule has 0 N–H and O–H groups in total. The second kappa shape index (κ2) is 17.9. The zero-order chi connectivity index (χ0) is 27.6. The normalized spacial score (nSPS) is 10.6. The van der Waals surface area contributed by atoms with E-state index in [1.54, 1.807) is 14.0 Å². The van der Waals surface area contributed by atoms with E-state index in [2.05, 4.69) is 0 Å². The highest BCUT2D eigenvalue weighted by molar-refractivity contribution is 6.38. The lowest BCUT2D eigenvalue weighted by atomic mass is 10.0. The van der Waals surface area contributed by atoms with Gasteiger partial charge in [0, 0.05) is 26.4 Å². The van der Waals surface area contributed by atoms with Crippen LogP contribution in [0.2, 0.25) is 0 Å². The molecule has 0 aliphatic carbocycles. The summed E-state index contributed by atoms with van der Waals surface area (Å²) in [6.07, 6.45) is -0.734. The molecular formula is C27H34O11. The lowest BCUT2D eigenvalue weighted by molar-refractivity contribution is -0.153. The third kappa shape index (κ3) is 10.9. The van der Waals surface area contributed by atoms with E-state index in [9.17, 15) is 14.4 Å². The van der Waals surface area contributed by atoms with E-state index in [1.165, 1.54) is 19.2 Å². The molecule has 0 aliphatic rings. The van der Waals surface area contributed by atoms with Crippen LogP contribution in [0.15, 0.2) is 42.5 Å². The van der Waals surface area contributed by atoms with Gasteiger partial charge in [-0.3, -0.25) is 9.59 Å². The Hall–Kier alpha value is -3.51. The van der Waals surface area contributed by atoms with Gasteiger partial charge in [-0.15, -0.1) is 0 Å². The number of ketones is 2. The summed E-state index contributed by atoms with van der Waals surface area (Å²) < 4.78 is 42.7. The first kappa shape index (κ1) is 30.7. The van der Waals surface area contributed by atoms with Crippen molar-refractivity contribution in [1.29, 1.82) is 0 Å². The zero-order valence-corrected chi connectivity index (χ0v) is 21.9. The maximum absolute atomic E-state index is 13.3. The third-order valence-electron chi connectivity index (χ3n) is 4.85. The van der Waals surface area contributed by atoms with E-state index in [4.69, 9.17) is 37.9 Å². The number of esters is 1. The molecule has 0 amide bonds.